The fraction of sp³-hybridized carbons (Fsp3) is 0.467. The lowest BCUT2D eigenvalue weighted by Gasteiger charge is -2.01. The fourth-order valence-corrected chi connectivity index (χ4v) is 3.04. The van der Waals surface area contributed by atoms with E-state index in [0.29, 0.717) is 0 Å². The zero-order valence-electron chi connectivity index (χ0n) is 11.9. The van der Waals surface area contributed by atoms with Gasteiger partial charge in [-0.15, -0.1) is 11.3 Å². The highest BCUT2D eigenvalue weighted by atomic mass is 32.1. The first-order valence-electron chi connectivity index (χ1n) is 6.88. The summed E-state index contributed by atoms with van der Waals surface area (Å²) in [5.41, 5.74) is 3.23. The molecule has 2 aromatic heterocycles. The maximum Gasteiger partial charge on any atom is 0.142 e. The van der Waals surface area contributed by atoms with Crippen LogP contribution < -0.4 is 5.32 Å². The van der Waals surface area contributed by atoms with Crippen LogP contribution >= 0.6 is 11.3 Å². The van der Waals surface area contributed by atoms with Gasteiger partial charge in [0.1, 0.15) is 5.01 Å². The summed E-state index contributed by atoms with van der Waals surface area (Å²) in [4.78, 5) is 10.6. The second kappa shape index (κ2) is 6.78. The van der Waals surface area contributed by atoms with Gasteiger partial charge in [-0.05, 0) is 38.4 Å². The number of nitrogens with zero attached hydrogens (tertiary/aromatic N) is 2. The van der Waals surface area contributed by atoms with E-state index in [1.807, 2.05) is 25.1 Å². The molecule has 0 bridgehead atoms. The molecule has 0 saturated heterocycles. The van der Waals surface area contributed by atoms with E-state index in [1.54, 1.807) is 11.3 Å². The van der Waals surface area contributed by atoms with E-state index >= 15 is 0 Å². The summed E-state index contributed by atoms with van der Waals surface area (Å²) in [5, 5.41) is 4.49. The molecule has 0 atom stereocenters. The zero-order valence-corrected chi connectivity index (χ0v) is 12.7. The molecular weight excluding hydrogens is 254 g/mol. The quantitative estimate of drug-likeness (QED) is 0.819. The van der Waals surface area contributed by atoms with E-state index in [9.17, 15) is 0 Å². The molecule has 0 amide bonds. The zero-order chi connectivity index (χ0) is 13.7. The van der Waals surface area contributed by atoms with Gasteiger partial charge in [0.05, 0.1) is 11.4 Å². The minimum Gasteiger partial charge on any atom is -0.312 e. The van der Waals surface area contributed by atoms with Crippen LogP contribution in [0.3, 0.4) is 0 Å². The Bertz CT molecular complexity index is 534. The minimum absolute atomic E-state index is 0.917. The topological polar surface area (TPSA) is 37.8 Å². The minimum atomic E-state index is 0.917. The number of nitrogens with one attached hydrogen (secondary N) is 1. The third-order valence-corrected chi connectivity index (χ3v) is 4.05. The van der Waals surface area contributed by atoms with Gasteiger partial charge in [-0.2, -0.15) is 0 Å². The monoisotopic (exact) mass is 275 g/mol. The van der Waals surface area contributed by atoms with Crippen molar-refractivity contribution >= 4 is 11.3 Å². The van der Waals surface area contributed by atoms with Gasteiger partial charge in [0.2, 0.25) is 0 Å². The van der Waals surface area contributed by atoms with E-state index in [1.165, 1.54) is 10.6 Å². The summed E-state index contributed by atoms with van der Waals surface area (Å²) < 4.78 is 0. The van der Waals surface area contributed by atoms with Gasteiger partial charge in [0.15, 0.2) is 0 Å². The van der Waals surface area contributed by atoms with Gasteiger partial charge >= 0.3 is 0 Å². The van der Waals surface area contributed by atoms with Crippen LogP contribution in [0.4, 0.5) is 0 Å². The second-order valence-corrected chi connectivity index (χ2v) is 5.67. The van der Waals surface area contributed by atoms with Crippen LogP contribution in [0.15, 0.2) is 18.2 Å². The summed E-state index contributed by atoms with van der Waals surface area (Å²) in [6, 6.07) is 6.09. The van der Waals surface area contributed by atoms with Gasteiger partial charge in [0.25, 0.3) is 0 Å². The van der Waals surface area contributed by atoms with Crippen molar-refractivity contribution in [2.75, 3.05) is 6.54 Å². The third-order valence-electron chi connectivity index (χ3n) is 2.93. The maximum absolute atomic E-state index is 4.73. The third kappa shape index (κ3) is 3.61. The Morgan fingerprint density at radius 2 is 2.05 bits per heavy atom. The first-order valence-corrected chi connectivity index (χ1v) is 7.69. The van der Waals surface area contributed by atoms with Crippen LogP contribution in [0.25, 0.3) is 10.7 Å². The lowest BCUT2D eigenvalue weighted by atomic mass is 10.3. The molecule has 0 fully saturated rings. The SMILES string of the molecule is CCCNCc1sc(-c2cccc(C)n2)nc1CC. The molecule has 0 aliphatic rings. The number of aryl methyl sites for hydroxylation is 2. The van der Waals surface area contributed by atoms with E-state index in [0.717, 1.165) is 42.3 Å². The summed E-state index contributed by atoms with van der Waals surface area (Å²) in [5.74, 6) is 0. The highest BCUT2D eigenvalue weighted by Crippen LogP contribution is 2.27. The van der Waals surface area contributed by atoms with E-state index in [4.69, 9.17) is 4.98 Å². The summed E-state index contributed by atoms with van der Waals surface area (Å²) in [6.45, 7) is 8.33. The van der Waals surface area contributed by atoms with E-state index in [2.05, 4.69) is 24.1 Å². The van der Waals surface area contributed by atoms with Crippen LogP contribution in [-0.4, -0.2) is 16.5 Å². The molecule has 2 heterocycles. The Balaban J connectivity index is 2.22. The first kappa shape index (κ1) is 14.2. The van der Waals surface area contributed by atoms with Gasteiger partial charge < -0.3 is 5.32 Å². The van der Waals surface area contributed by atoms with E-state index < -0.39 is 0 Å². The Morgan fingerprint density at radius 3 is 2.74 bits per heavy atom. The maximum atomic E-state index is 4.73. The summed E-state index contributed by atoms with van der Waals surface area (Å²) in [7, 11) is 0. The van der Waals surface area contributed by atoms with Crippen molar-refractivity contribution in [3.05, 3.63) is 34.5 Å². The smallest absolute Gasteiger partial charge is 0.142 e. The van der Waals surface area contributed by atoms with Gasteiger partial charge in [-0.25, -0.2) is 4.98 Å². The molecule has 0 unspecified atom stereocenters. The lowest BCUT2D eigenvalue weighted by molar-refractivity contribution is 0.677. The van der Waals surface area contributed by atoms with Gasteiger partial charge in [-0.3, -0.25) is 4.98 Å². The molecule has 0 aliphatic carbocycles. The summed E-state index contributed by atoms with van der Waals surface area (Å²) in [6.07, 6.45) is 2.14. The molecular formula is C15H21N3S. The Morgan fingerprint density at radius 1 is 1.21 bits per heavy atom. The van der Waals surface area contributed by atoms with Crippen LogP contribution in [0.1, 0.15) is 36.5 Å². The average Bonchev–Trinajstić information content (AvgIpc) is 2.82. The highest BCUT2D eigenvalue weighted by Gasteiger charge is 2.11. The lowest BCUT2D eigenvalue weighted by Crippen LogP contribution is -2.13. The van der Waals surface area contributed by atoms with Crippen molar-refractivity contribution in [3.8, 4) is 10.7 Å². The molecule has 0 aliphatic heterocycles. The molecule has 1 N–H and O–H groups in total. The average molecular weight is 275 g/mol. The molecule has 19 heavy (non-hydrogen) atoms. The number of aromatic nitrogens is 2. The van der Waals surface area contributed by atoms with E-state index in [-0.39, 0.29) is 0 Å². The molecule has 3 nitrogen and oxygen atoms in total. The van der Waals surface area contributed by atoms with Crippen molar-refractivity contribution in [2.24, 2.45) is 0 Å². The first-order chi connectivity index (χ1) is 9.24. The molecule has 2 rings (SSSR count). The largest absolute Gasteiger partial charge is 0.312 e. The number of pyridine rings is 1. The number of hydrogen-bond donors (Lipinski definition) is 1. The van der Waals surface area contributed by atoms with Crippen LogP contribution in [-0.2, 0) is 13.0 Å². The molecule has 0 aromatic carbocycles. The molecule has 102 valence electrons. The molecule has 2 aromatic rings. The van der Waals surface area contributed by atoms with Crippen LogP contribution in [0.2, 0.25) is 0 Å². The number of thiazole rings is 1. The molecule has 0 spiro atoms. The second-order valence-electron chi connectivity index (χ2n) is 4.58. The highest BCUT2D eigenvalue weighted by molar-refractivity contribution is 7.15. The predicted molar refractivity (Wildman–Crippen MR) is 81.5 cm³/mol. The predicted octanol–water partition coefficient (Wildman–Crippen LogP) is 3.58. The standard InChI is InChI=1S/C15H21N3S/c1-4-9-16-10-14-12(5-2)18-15(19-14)13-8-6-7-11(3)17-13/h6-8,16H,4-5,9-10H2,1-3H3. The van der Waals surface area contributed by atoms with Crippen molar-refractivity contribution in [3.63, 3.8) is 0 Å². The van der Waals surface area contributed by atoms with Gasteiger partial charge in [0, 0.05) is 17.1 Å². The normalized spacial score (nSPS) is 10.9. The fourth-order valence-electron chi connectivity index (χ4n) is 1.95. The van der Waals surface area contributed by atoms with Crippen molar-refractivity contribution in [2.45, 2.75) is 40.2 Å². The van der Waals surface area contributed by atoms with Crippen LogP contribution in [0.5, 0.6) is 0 Å². The van der Waals surface area contributed by atoms with Crippen molar-refractivity contribution < 1.29 is 0 Å². The Hall–Kier alpha value is -1.26. The number of hydrogen-bond acceptors (Lipinski definition) is 4. The Labute approximate surface area is 119 Å². The molecule has 0 saturated carbocycles. The molecule has 0 radical (unpaired) electrons. The number of rotatable bonds is 6. The van der Waals surface area contributed by atoms with Gasteiger partial charge in [-0.1, -0.05) is 19.9 Å². The molecule has 4 heteroatoms. The van der Waals surface area contributed by atoms with Crippen LogP contribution in [0, 0.1) is 6.92 Å². The Kier molecular flexibility index (Phi) is 5.05. The summed E-state index contributed by atoms with van der Waals surface area (Å²) >= 11 is 1.76. The van der Waals surface area contributed by atoms with Crippen molar-refractivity contribution in [1.82, 2.24) is 15.3 Å². The van der Waals surface area contributed by atoms with Crippen molar-refractivity contribution in [1.29, 1.82) is 0 Å².